The molecule has 5 heteroatoms. The van der Waals surface area contributed by atoms with Gasteiger partial charge in [-0.1, -0.05) is 36.8 Å². The number of aromatic nitrogens is 4. The summed E-state index contributed by atoms with van der Waals surface area (Å²) in [6, 6.07) is 0. The van der Waals surface area contributed by atoms with E-state index in [-0.39, 0.29) is 0 Å². The van der Waals surface area contributed by atoms with Gasteiger partial charge in [0.05, 0.1) is 5.39 Å². The van der Waals surface area contributed by atoms with Crippen molar-refractivity contribution in [2.24, 2.45) is 5.92 Å². The van der Waals surface area contributed by atoms with E-state index in [1.807, 2.05) is 0 Å². The molecule has 2 aromatic rings. The Bertz CT molecular complexity index is 736. The molecule has 1 aliphatic rings. The zero-order valence-corrected chi connectivity index (χ0v) is 11.6. The Morgan fingerprint density at radius 2 is 2.20 bits per heavy atom. The molecule has 20 heavy (non-hydrogen) atoms. The average molecular weight is 267 g/mol. The summed E-state index contributed by atoms with van der Waals surface area (Å²) >= 11 is 0. The summed E-state index contributed by atoms with van der Waals surface area (Å²) in [5.41, 5.74) is 9.68. The summed E-state index contributed by atoms with van der Waals surface area (Å²) in [7, 11) is 0. The molecule has 2 heterocycles. The van der Waals surface area contributed by atoms with E-state index in [0.717, 1.165) is 23.1 Å². The van der Waals surface area contributed by atoms with E-state index in [9.17, 15) is 0 Å². The van der Waals surface area contributed by atoms with Crippen LogP contribution in [-0.2, 0) is 0 Å². The number of nitrogens with two attached hydrogens (primary N) is 1. The van der Waals surface area contributed by atoms with Gasteiger partial charge in [-0.25, -0.2) is 9.97 Å². The van der Waals surface area contributed by atoms with Crippen LogP contribution in [0.25, 0.3) is 16.6 Å². The summed E-state index contributed by atoms with van der Waals surface area (Å²) in [4.78, 5) is 8.21. The lowest BCUT2D eigenvalue weighted by Crippen LogP contribution is -1.95. The Morgan fingerprint density at radius 1 is 1.35 bits per heavy atom. The summed E-state index contributed by atoms with van der Waals surface area (Å²) in [6.45, 7) is 4.30. The fourth-order valence-electron chi connectivity index (χ4n) is 2.31. The molecule has 0 aromatic carbocycles. The quantitative estimate of drug-likeness (QED) is 0.832. The van der Waals surface area contributed by atoms with Crippen molar-refractivity contribution in [1.82, 2.24) is 20.2 Å². The van der Waals surface area contributed by atoms with E-state index in [4.69, 9.17) is 5.73 Å². The number of hydrogen-bond donors (Lipinski definition) is 2. The Balaban J connectivity index is 2.19. The van der Waals surface area contributed by atoms with Gasteiger partial charge in [0.2, 0.25) is 0 Å². The lowest BCUT2D eigenvalue weighted by Gasteiger charge is -2.08. The van der Waals surface area contributed by atoms with Crippen molar-refractivity contribution in [1.29, 1.82) is 0 Å². The molecule has 102 valence electrons. The molecule has 1 atom stereocenters. The van der Waals surface area contributed by atoms with Crippen LogP contribution in [0.1, 0.15) is 26.0 Å². The van der Waals surface area contributed by atoms with Gasteiger partial charge >= 0.3 is 0 Å². The molecule has 5 nitrogen and oxygen atoms in total. The number of fused-ring (bicyclic) bond motifs is 1. The smallest absolute Gasteiger partial charge is 0.161 e. The number of nitrogen functional groups attached to an aromatic ring is 1. The summed E-state index contributed by atoms with van der Waals surface area (Å²) in [5, 5.41) is 8.05. The number of anilines is 1. The van der Waals surface area contributed by atoms with Gasteiger partial charge in [-0.15, -0.1) is 0 Å². The lowest BCUT2D eigenvalue weighted by molar-refractivity contribution is 0.741. The molecule has 3 rings (SSSR count). The first-order chi connectivity index (χ1) is 9.65. The fourth-order valence-corrected chi connectivity index (χ4v) is 2.31. The van der Waals surface area contributed by atoms with Crippen molar-refractivity contribution < 1.29 is 0 Å². The van der Waals surface area contributed by atoms with Crippen LogP contribution in [0.15, 0.2) is 36.2 Å². The fraction of sp³-hybridized carbons (Fsp3) is 0.267. The van der Waals surface area contributed by atoms with Crippen LogP contribution >= 0.6 is 0 Å². The number of rotatable bonds is 1. The van der Waals surface area contributed by atoms with E-state index in [1.54, 1.807) is 0 Å². The monoisotopic (exact) mass is 267 g/mol. The largest absolute Gasteiger partial charge is 0.383 e. The molecule has 0 spiro atoms. The minimum absolute atomic E-state index is 0.449. The Kier molecular flexibility index (Phi) is 3.10. The SMILES string of the molecule is CC1=C\CC(C)/C=C/C(c2n[nH]c3ncnc(N)c23)=C\1. The van der Waals surface area contributed by atoms with Gasteiger partial charge in [-0.3, -0.25) is 5.10 Å². The van der Waals surface area contributed by atoms with Crippen molar-refractivity contribution >= 4 is 22.4 Å². The first-order valence-electron chi connectivity index (χ1n) is 6.66. The third-order valence-electron chi connectivity index (χ3n) is 3.46. The van der Waals surface area contributed by atoms with Gasteiger partial charge in [-0.05, 0) is 19.3 Å². The van der Waals surface area contributed by atoms with Crippen LogP contribution in [-0.4, -0.2) is 20.2 Å². The van der Waals surface area contributed by atoms with Gasteiger partial charge in [0.25, 0.3) is 0 Å². The van der Waals surface area contributed by atoms with Crippen LogP contribution in [0, 0.1) is 5.92 Å². The highest BCUT2D eigenvalue weighted by atomic mass is 15.2. The van der Waals surface area contributed by atoms with Gasteiger partial charge in [0.1, 0.15) is 17.8 Å². The van der Waals surface area contributed by atoms with Crippen molar-refractivity contribution in [2.45, 2.75) is 20.3 Å². The van der Waals surface area contributed by atoms with Crippen molar-refractivity contribution in [3.63, 3.8) is 0 Å². The molecule has 2 aromatic heterocycles. The Labute approximate surface area is 117 Å². The molecular formula is C15H17N5. The van der Waals surface area contributed by atoms with Crippen molar-refractivity contribution in [3.8, 4) is 0 Å². The number of nitrogens with one attached hydrogen (secondary N) is 1. The maximum atomic E-state index is 5.96. The van der Waals surface area contributed by atoms with Gasteiger partial charge in [0, 0.05) is 5.57 Å². The zero-order valence-electron chi connectivity index (χ0n) is 11.6. The lowest BCUT2D eigenvalue weighted by atomic mass is 9.97. The molecule has 0 amide bonds. The maximum Gasteiger partial charge on any atom is 0.161 e. The highest BCUT2D eigenvalue weighted by Crippen LogP contribution is 2.28. The highest BCUT2D eigenvalue weighted by molar-refractivity contribution is 5.97. The van der Waals surface area contributed by atoms with Gasteiger partial charge < -0.3 is 5.73 Å². The normalized spacial score (nSPS) is 26.2. The topological polar surface area (TPSA) is 80.5 Å². The molecule has 0 aliphatic heterocycles. The van der Waals surface area contributed by atoms with Crippen LogP contribution in [0.4, 0.5) is 5.82 Å². The van der Waals surface area contributed by atoms with Gasteiger partial charge in [0.15, 0.2) is 5.65 Å². The van der Waals surface area contributed by atoms with E-state index in [0.29, 0.717) is 17.4 Å². The Morgan fingerprint density at radius 3 is 3.05 bits per heavy atom. The predicted molar refractivity (Wildman–Crippen MR) is 80.8 cm³/mol. The summed E-state index contributed by atoms with van der Waals surface area (Å²) < 4.78 is 0. The minimum Gasteiger partial charge on any atom is -0.383 e. The number of allylic oxidation sites excluding steroid dienone is 6. The molecule has 0 radical (unpaired) electrons. The van der Waals surface area contributed by atoms with Crippen LogP contribution < -0.4 is 5.73 Å². The maximum absolute atomic E-state index is 5.96. The zero-order chi connectivity index (χ0) is 14.1. The molecule has 1 unspecified atom stereocenters. The first kappa shape index (κ1) is 12.6. The number of aromatic amines is 1. The third-order valence-corrected chi connectivity index (χ3v) is 3.46. The second kappa shape index (κ2) is 4.92. The molecule has 3 N–H and O–H groups in total. The predicted octanol–water partition coefficient (Wildman–Crippen LogP) is 2.86. The Hall–Kier alpha value is -2.43. The molecule has 0 bridgehead atoms. The molecule has 0 saturated carbocycles. The second-order valence-corrected chi connectivity index (χ2v) is 5.17. The number of H-pyrrole nitrogens is 1. The van der Waals surface area contributed by atoms with E-state index in [2.05, 4.69) is 58.3 Å². The van der Waals surface area contributed by atoms with E-state index >= 15 is 0 Å². The standard InChI is InChI=1S/C15H17N5/c1-9-3-4-10(2)7-11(6-5-9)13-12-14(16)17-8-18-15(12)20-19-13/h4-9H,3H2,1-2H3,(H3,16,17,18,19,20)/b6-5+,10-4+,11-7+. The van der Waals surface area contributed by atoms with E-state index in [1.165, 1.54) is 11.9 Å². The highest BCUT2D eigenvalue weighted by Gasteiger charge is 2.14. The molecule has 0 fully saturated rings. The average Bonchev–Trinajstić information content (AvgIpc) is 2.84. The van der Waals surface area contributed by atoms with Crippen molar-refractivity contribution in [2.75, 3.05) is 5.73 Å². The second-order valence-electron chi connectivity index (χ2n) is 5.17. The molecule has 1 aliphatic carbocycles. The minimum atomic E-state index is 0.449. The van der Waals surface area contributed by atoms with Crippen LogP contribution in [0.2, 0.25) is 0 Å². The first-order valence-corrected chi connectivity index (χ1v) is 6.66. The molecule has 0 saturated heterocycles. The van der Waals surface area contributed by atoms with Crippen molar-refractivity contribution in [3.05, 3.63) is 41.9 Å². The summed E-state index contributed by atoms with van der Waals surface area (Å²) in [5.74, 6) is 0.956. The van der Waals surface area contributed by atoms with Gasteiger partial charge in [-0.2, -0.15) is 5.10 Å². The number of nitrogens with zero attached hydrogens (tertiary/aromatic N) is 3. The molecular weight excluding hydrogens is 250 g/mol. The van der Waals surface area contributed by atoms with E-state index < -0.39 is 0 Å². The summed E-state index contributed by atoms with van der Waals surface area (Å²) in [6.07, 6.45) is 11.1. The third kappa shape index (κ3) is 2.22. The van der Waals surface area contributed by atoms with Crippen LogP contribution in [0.5, 0.6) is 0 Å². The number of hydrogen-bond acceptors (Lipinski definition) is 4. The van der Waals surface area contributed by atoms with Crippen LogP contribution in [0.3, 0.4) is 0 Å².